The van der Waals surface area contributed by atoms with Gasteiger partial charge in [0.25, 0.3) is 0 Å². The lowest BCUT2D eigenvalue weighted by molar-refractivity contribution is -0.142. The number of likely N-dealkylation sites (tertiary alicyclic amines) is 1. The summed E-state index contributed by atoms with van der Waals surface area (Å²) in [7, 11) is -6.51. The third-order valence-electron chi connectivity index (χ3n) is 23.4. The number of fused-ring (bicyclic) bond motifs is 8. The first-order chi connectivity index (χ1) is 50.3. The van der Waals surface area contributed by atoms with Gasteiger partial charge in [-0.3, -0.25) is 33.5 Å². The average Bonchev–Trinajstić information content (AvgIpc) is 1.53. The van der Waals surface area contributed by atoms with E-state index in [1.165, 1.54) is 90.0 Å². The van der Waals surface area contributed by atoms with Crippen LogP contribution in [0.15, 0.2) is 86.3 Å². The highest BCUT2D eigenvalue weighted by Crippen LogP contribution is 2.49. The van der Waals surface area contributed by atoms with Gasteiger partial charge in [-0.2, -0.15) is 44.8 Å². The molecule has 25 nitrogen and oxygen atoms in total. The van der Waals surface area contributed by atoms with Crippen molar-refractivity contribution < 1.29 is 21.6 Å². The van der Waals surface area contributed by atoms with E-state index in [1.54, 1.807) is 31.2 Å². The van der Waals surface area contributed by atoms with Crippen LogP contribution in [0.5, 0.6) is 0 Å². The van der Waals surface area contributed by atoms with Gasteiger partial charge in [0.2, 0.25) is 26.0 Å². The number of amides is 1. The molecule has 20 rings (SSSR count). The second-order valence-corrected chi connectivity index (χ2v) is 34.7. The van der Waals surface area contributed by atoms with Crippen molar-refractivity contribution in [1.82, 2.24) is 82.5 Å². The summed E-state index contributed by atoms with van der Waals surface area (Å²) in [6.45, 7) is 12.6. The number of nitrogens with zero attached hydrogens (tertiary/aromatic N) is 20. The lowest BCUT2D eigenvalue weighted by Gasteiger charge is -2.47. The van der Waals surface area contributed by atoms with Crippen molar-refractivity contribution in [2.24, 2.45) is 17.8 Å². The highest BCUT2D eigenvalue weighted by molar-refractivity contribution is 7.89. The Labute approximate surface area is 604 Å². The summed E-state index contributed by atoms with van der Waals surface area (Å²) in [5, 5.41) is 47.4. The van der Waals surface area contributed by atoms with Gasteiger partial charge in [0.05, 0.1) is 89.2 Å². The largest absolute Gasteiger partial charge is 0.340 e. The topological polar surface area (TPSA) is 315 Å². The first kappa shape index (κ1) is 67.2. The van der Waals surface area contributed by atoms with Crippen LogP contribution in [0.2, 0.25) is 0 Å². The molecule has 1 amide bonds. The molecule has 9 aliphatic carbocycles. The molecule has 0 N–H and O–H groups in total. The Balaban J connectivity index is 0.000000103. The Hall–Kier alpha value is -9.98. The maximum atomic E-state index is 13.0. The molecule has 530 valence electrons. The lowest BCUT2D eigenvalue weighted by Crippen LogP contribution is -2.64. The van der Waals surface area contributed by atoms with Crippen LogP contribution >= 0.6 is 0 Å². The minimum atomic E-state index is -3.26. The number of sulfonamides is 2. The molecule has 4 fully saturated rings. The van der Waals surface area contributed by atoms with Gasteiger partial charge in [0, 0.05) is 183 Å². The Morgan fingerprint density at radius 3 is 1.43 bits per heavy atom. The third kappa shape index (κ3) is 11.1. The number of aromatic nitrogens is 14. The SMILES string of the molecule is CC1CN(C(=O)C(C(C)C)n2cc3c(n2)-c2ccnc4c2C(=CC4)C3)C1.CCS(=O)(=O)N1CC(CC#N)(n2cc3c(n2)-c2ccnc4c2C(=CC4)C3)C1.CCS(=O)(=O)N1CC(CC#N)(n2cc3c(n2)-c2ncnc4c2C(=CC4)C3)C1.N#CCC(C1CCCC1)n1cc2c(n1)-c1ncnc3c1C(=CC3)C2. The molecule has 12 aliphatic rings. The molecule has 0 spiro atoms. The highest BCUT2D eigenvalue weighted by atomic mass is 32.2. The number of pyridine rings is 2. The number of rotatable bonds is 14. The zero-order valence-electron chi connectivity index (χ0n) is 59.0. The van der Waals surface area contributed by atoms with Crippen LogP contribution < -0.4 is 0 Å². The van der Waals surface area contributed by atoms with Gasteiger partial charge in [0.1, 0.15) is 52.6 Å². The maximum absolute atomic E-state index is 13.0. The number of allylic oxidation sites excluding steroid dienone is 8. The van der Waals surface area contributed by atoms with Gasteiger partial charge < -0.3 is 4.90 Å². The Bertz CT molecular complexity index is 5230. The van der Waals surface area contributed by atoms with Crippen molar-refractivity contribution in [2.75, 3.05) is 50.8 Å². The van der Waals surface area contributed by atoms with Gasteiger partial charge in [-0.05, 0) is 78.9 Å². The zero-order chi connectivity index (χ0) is 71.7. The molecule has 2 atom stereocenters. The molecule has 3 aliphatic heterocycles. The molecule has 27 heteroatoms. The maximum Gasteiger partial charge on any atom is 0.247 e. The molecule has 0 bridgehead atoms. The summed E-state index contributed by atoms with van der Waals surface area (Å²) in [6, 6.07) is 10.8. The van der Waals surface area contributed by atoms with E-state index in [4.69, 9.17) is 20.4 Å². The lowest BCUT2D eigenvalue weighted by atomic mass is 9.88. The molecule has 1 saturated carbocycles. The quantitative estimate of drug-likeness (QED) is 0.0978. The number of carbonyl (C=O) groups is 1. The van der Waals surface area contributed by atoms with E-state index in [0.717, 1.165) is 144 Å². The van der Waals surface area contributed by atoms with Gasteiger partial charge in [-0.1, -0.05) is 57.9 Å². The Kier molecular flexibility index (Phi) is 16.6. The molecule has 11 heterocycles. The van der Waals surface area contributed by atoms with Crippen molar-refractivity contribution in [3.05, 3.63) is 154 Å². The monoisotopic (exact) mass is 1430 g/mol. The predicted molar refractivity (Wildman–Crippen MR) is 388 cm³/mol. The molecule has 0 radical (unpaired) electrons. The van der Waals surface area contributed by atoms with Crippen molar-refractivity contribution in [3.63, 3.8) is 0 Å². The van der Waals surface area contributed by atoms with Crippen LogP contribution in [0.1, 0.15) is 159 Å². The van der Waals surface area contributed by atoms with E-state index in [1.807, 2.05) is 45.1 Å². The van der Waals surface area contributed by atoms with E-state index in [9.17, 15) is 37.4 Å². The molecule has 3 saturated heterocycles. The van der Waals surface area contributed by atoms with Crippen LogP contribution in [0.4, 0.5) is 0 Å². The molecular formula is C77H80N20O5S2. The van der Waals surface area contributed by atoms with Crippen molar-refractivity contribution in [2.45, 2.75) is 154 Å². The normalized spacial score (nSPS) is 19.5. The standard InChI is InChI=1S/C21H24N4O.C19H19N5O2S.C19H19N5.C18H18N6O2S/c1-12(2)20(21(26)24-9-13(3)10-24)25-11-15-8-14-4-5-17-18(14)16(6-7-22-17)19(15)23-25;1-2-27(25,26)23-11-19(12-23,6-7-20)24-10-14-9-13-3-4-16-17(13)15(5-8-21-16)18(14)22-24;20-8-7-16(12-3-1-2-4-12)24-10-14-9-13-5-6-15-17(13)19(18(14)23-24)22-11-21-15;1-2-27(25,26)23-9-18(10-23,5-6-19)24-8-13-7-12-3-4-14-15(12)17(16(13)22-24)21-11-20-14/h4,6-7,11-13,20H,5,8-10H2,1-3H3;3,5,8,10H,2,4,6,9,11-12H2,1H3;5,10-12,16H,1-4,6-7,9H2;3,8,11H,2,4-5,7,9-10H2,1H3. The van der Waals surface area contributed by atoms with Crippen molar-refractivity contribution in [1.29, 1.82) is 15.8 Å². The van der Waals surface area contributed by atoms with Crippen molar-refractivity contribution in [3.8, 4) is 63.5 Å². The van der Waals surface area contributed by atoms with Crippen LogP contribution in [0, 0.1) is 51.7 Å². The first-order valence-corrected chi connectivity index (χ1v) is 39.7. The minimum Gasteiger partial charge on any atom is -0.340 e. The predicted octanol–water partition coefficient (Wildman–Crippen LogP) is 9.42. The van der Waals surface area contributed by atoms with Crippen LogP contribution in [-0.2, 0) is 87.3 Å². The second-order valence-electron chi connectivity index (χ2n) is 30.2. The van der Waals surface area contributed by atoms with Crippen LogP contribution in [0.3, 0.4) is 0 Å². The van der Waals surface area contributed by atoms with E-state index in [-0.39, 0.29) is 61.3 Å². The van der Waals surface area contributed by atoms with Gasteiger partial charge in [-0.25, -0.2) is 36.8 Å². The van der Waals surface area contributed by atoms with Crippen LogP contribution in [-0.4, -0.2) is 156 Å². The summed E-state index contributed by atoms with van der Waals surface area (Å²) in [6.07, 6.45) is 37.0. The zero-order valence-corrected chi connectivity index (χ0v) is 60.7. The van der Waals surface area contributed by atoms with E-state index in [0.29, 0.717) is 31.3 Å². The van der Waals surface area contributed by atoms with Crippen molar-refractivity contribution >= 4 is 48.2 Å². The molecule has 8 aromatic rings. The summed E-state index contributed by atoms with van der Waals surface area (Å²) >= 11 is 0. The molecular weight excluding hydrogens is 1350 g/mol. The Morgan fingerprint density at radius 1 is 0.538 bits per heavy atom. The fraction of sp³-hybridized carbons (Fsp3) is 0.455. The minimum absolute atomic E-state index is 0.0620. The Morgan fingerprint density at radius 2 is 0.962 bits per heavy atom. The second kappa shape index (κ2) is 25.7. The first-order valence-electron chi connectivity index (χ1n) is 36.4. The third-order valence-corrected chi connectivity index (χ3v) is 26.9. The molecule has 8 aromatic heterocycles. The number of nitriles is 3. The highest BCUT2D eigenvalue weighted by Gasteiger charge is 2.52. The molecule has 104 heavy (non-hydrogen) atoms. The molecule has 0 aromatic carbocycles. The van der Waals surface area contributed by atoms with Gasteiger partial charge in [-0.15, -0.1) is 0 Å². The summed E-state index contributed by atoms with van der Waals surface area (Å²) < 4.78 is 59.1. The number of hydrogen-bond acceptors (Lipinski definition) is 18. The van der Waals surface area contributed by atoms with E-state index < -0.39 is 31.1 Å². The van der Waals surface area contributed by atoms with Gasteiger partial charge >= 0.3 is 0 Å². The fourth-order valence-electron chi connectivity index (χ4n) is 17.8. The molecule has 2 unspecified atom stereocenters. The van der Waals surface area contributed by atoms with Crippen LogP contribution in [0.25, 0.3) is 67.6 Å². The average molecular weight is 1430 g/mol. The number of carbonyl (C=O) groups excluding carboxylic acids is 1. The van der Waals surface area contributed by atoms with E-state index >= 15 is 0 Å². The van der Waals surface area contributed by atoms with Gasteiger partial charge in [0.15, 0.2) is 0 Å². The smallest absolute Gasteiger partial charge is 0.247 e. The summed E-state index contributed by atoms with van der Waals surface area (Å²) in [5.74, 6) is 1.73. The number of hydrogen-bond donors (Lipinski definition) is 0. The summed E-state index contributed by atoms with van der Waals surface area (Å²) in [4.78, 5) is 41.8. The summed E-state index contributed by atoms with van der Waals surface area (Å²) in [5.41, 5.74) is 25.7. The fourth-order valence-corrected chi connectivity index (χ4v) is 20.3. The van der Waals surface area contributed by atoms with E-state index in [2.05, 4.69) is 116 Å².